The third-order valence-corrected chi connectivity index (χ3v) is 4.09. The molecule has 0 radical (unpaired) electrons. The maximum atomic E-state index is 9.38. The van der Waals surface area contributed by atoms with Gasteiger partial charge in [-0.15, -0.1) is 0 Å². The minimum absolute atomic E-state index is 0.0142. The van der Waals surface area contributed by atoms with E-state index >= 15 is 0 Å². The van der Waals surface area contributed by atoms with Gasteiger partial charge < -0.3 is 15.3 Å². The second kappa shape index (κ2) is 7.08. The van der Waals surface area contributed by atoms with Crippen LogP contribution in [0.25, 0.3) is 0 Å². The van der Waals surface area contributed by atoms with Crippen LogP contribution in [-0.4, -0.2) is 35.2 Å². The van der Waals surface area contributed by atoms with Gasteiger partial charge in [0.25, 0.3) is 0 Å². The Hall–Kier alpha value is -0.840. The summed E-state index contributed by atoms with van der Waals surface area (Å²) in [6, 6.07) is 4.45. The Labute approximate surface area is 115 Å². The van der Waals surface area contributed by atoms with Crippen molar-refractivity contribution in [2.75, 3.05) is 13.2 Å². The molecule has 2 unspecified atom stereocenters. The van der Waals surface area contributed by atoms with Crippen molar-refractivity contribution < 1.29 is 9.52 Å². The van der Waals surface area contributed by atoms with Crippen LogP contribution >= 0.6 is 0 Å². The van der Waals surface area contributed by atoms with E-state index in [2.05, 4.69) is 4.90 Å². The van der Waals surface area contributed by atoms with Crippen LogP contribution in [0.3, 0.4) is 0 Å². The third kappa shape index (κ3) is 3.59. The molecule has 4 nitrogen and oxygen atoms in total. The van der Waals surface area contributed by atoms with Crippen molar-refractivity contribution in [1.82, 2.24) is 4.90 Å². The lowest BCUT2D eigenvalue weighted by molar-refractivity contribution is 0.0597. The third-order valence-electron chi connectivity index (χ3n) is 4.09. The number of aliphatic hydroxyl groups excluding tert-OH is 1. The molecule has 19 heavy (non-hydrogen) atoms. The summed E-state index contributed by atoms with van der Waals surface area (Å²) in [6.45, 7) is 2.85. The Bertz CT molecular complexity index is 345. The van der Waals surface area contributed by atoms with Gasteiger partial charge in [-0.05, 0) is 31.9 Å². The lowest BCUT2D eigenvalue weighted by atomic mass is 9.91. The smallest absolute Gasteiger partial charge is 0.122 e. The predicted octanol–water partition coefficient (Wildman–Crippen LogP) is 2.29. The molecule has 1 saturated carbocycles. The second-order valence-electron chi connectivity index (χ2n) is 5.57. The van der Waals surface area contributed by atoms with Gasteiger partial charge in [0.05, 0.1) is 18.9 Å². The molecule has 2 rings (SSSR count). The maximum Gasteiger partial charge on any atom is 0.122 e. The first-order valence-electron chi connectivity index (χ1n) is 7.39. The number of nitrogens with two attached hydrogens (primary N) is 1. The molecule has 1 aliphatic carbocycles. The summed E-state index contributed by atoms with van der Waals surface area (Å²) < 4.78 is 5.57. The van der Waals surface area contributed by atoms with Crippen molar-refractivity contribution >= 4 is 0 Å². The van der Waals surface area contributed by atoms with Crippen molar-refractivity contribution in [3.63, 3.8) is 0 Å². The highest BCUT2D eigenvalue weighted by atomic mass is 16.3. The summed E-state index contributed by atoms with van der Waals surface area (Å²) in [5.41, 5.74) is 6.18. The number of furan rings is 1. The molecular weight excluding hydrogens is 240 g/mol. The Kier molecular flexibility index (Phi) is 5.43. The first kappa shape index (κ1) is 14.6. The van der Waals surface area contributed by atoms with E-state index < -0.39 is 0 Å². The largest absolute Gasteiger partial charge is 0.468 e. The topological polar surface area (TPSA) is 62.6 Å². The second-order valence-corrected chi connectivity index (χ2v) is 5.57. The van der Waals surface area contributed by atoms with Gasteiger partial charge in [-0.2, -0.15) is 0 Å². The van der Waals surface area contributed by atoms with E-state index in [1.54, 1.807) is 6.26 Å². The minimum atomic E-state index is -0.0142. The molecule has 3 N–H and O–H groups in total. The van der Waals surface area contributed by atoms with Gasteiger partial charge in [0.1, 0.15) is 5.76 Å². The van der Waals surface area contributed by atoms with E-state index in [0.29, 0.717) is 12.6 Å². The van der Waals surface area contributed by atoms with Crippen LogP contribution in [0.15, 0.2) is 22.8 Å². The molecule has 4 heteroatoms. The van der Waals surface area contributed by atoms with Gasteiger partial charge in [0.15, 0.2) is 0 Å². The highest BCUT2D eigenvalue weighted by Gasteiger charge is 2.32. The zero-order valence-corrected chi connectivity index (χ0v) is 11.8. The summed E-state index contributed by atoms with van der Waals surface area (Å²) in [5.74, 6) is 0.911. The van der Waals surface area contributed by atoms with Crippen molar-refractivity contribution in [3.05, 3.63) is 24.2 Å². The average molecular weight is 266 g/mol. The molecule has 108 valence electrons. The van der Waals surface area contributed by atoms with E-state index in [1.807, 2.05) is 19.1 Å². The van der Waals surface area contributed by atoms with E-state index in [1.165, 1.54) is 32.1 Å². The molecule has 1 aliphatic rings. The van der Waals surface area contributed by atoms with Crippen LogP contribution in [0.4, 0.5) is 0 Å². The summed E-state index contributed by atoms with van der Waals surface area (Å²) in [7, 11) is 0. The minimum Gasteiger partial charge on any atom is -0.468 e. The molecule has 2 atom stereocenters. The summed E-state index contributed by atoms with van der Waals surface area (Å²) in [5, 5.41) is 9.38. The van der Waals surface area contributed by atoms with Gasteiger partial charge >= 0.3 is 0 Å². The number of aliphatic hydroxyl groups is 1. The zero-order chi connectivity index (χ0) is 13.7. The highest BCUT2D eigenvalue weighted by molar-refractivity contribution is 5.08. The number of hydrogen-bond donors (Lipinski definition) is 2. The Morgan fingerprint density at radius 2 is 2.16 bits per heavy atom. The molecule has 1 aromatic heterocycles. The van der Waals surface area contributed by atoms with Gasteiger partial charge in [-0.3, -0.25) is 4.90 Å². The van der Waals surface area contributed by atoms with Gasteiger partial charge in [-0.1, -0.05) is 19.3 Å². The van der Waals surface area contributed by atoms with Crippen molar-refractivity contribution in [1.29, 1.82) is 0 Å². The van der Waals surface area contributed by atoms with Crippen LogP contribution in [0, 0.1) is 0 Å². The molecule has 1 heterocycles. The Morgan fingerprint density at radius 1 is 1.42 bits per heavy atom. The standard InChI is InChI=1S/C15H26N2O2/c1-12(16)15(14-8-5-11-19-14)17(9-10-18)13-6-3-2-4-7-13/h5,8,11-13,15,18H,2-4,6-7,9-10,16H2,1H3. The lowest BCUT2D eigenvalue weighted by Crippen LogP contribution is -2.47. The first-order valence-corrected chi connectivity index (χ1v) is 7.39. The van der Waals surface area contributed by atoms with Crippen LogP contribution in [-0.2, 0) is 0 Å². The highest BCUT2D eigenvalue weighted by Crippen LogP contribution is 2.31. The zero-order valence-electron chi connectivity index (χ0n) is 11.8. The number of nitrogens with zero attached hydrogens (tertiary/aromatic N) is 1. The SMILES string of the molecule is CC(N)C(c1ccco1)N(CCO)C1CCCCC1. The number of hydrogen-bond acceptors (Lipinski definition) is 4. The van der Waals surface area contributed by atoms with Crippen molar-refractivity contribution in [3.8, 4) is 0 Å². The molecule has 0 saturated heterocycles. The predicted molar refractivity (Wildman–Crippen MR) is 75.8 cm³/mol. The van der Waals surface area contributed by atoms with Crippen molar-refractivity contribution in [2.24, 2.45) is 5.73 Å². The van der Waals surface area contributed by atoms with Crippen molar-refractivity contribution in [2.45, 2.75) is 57.2 Å². The molecule has 0 aromatic carbocycles. The molecule has 1 aromatic rings. The van der Waals surface area contributed by atoms with Gasteiger partial charge in [0, 0.05) is 18.6 Å². The Morgan fingerprint density at radius 3 is 2.68 bits per heavy atom. The quantitative estimate of drug-likeness (QED) is 0.829. The molecule has 0 bridgehead atoms. The maximum absolute atomic E-state index is 9.38. The molecule has 1 fully saturated rings. The van der Waals surface area contributed by atoms with Crippen LogP contribution in [0.2, 0.25) is 0 Å². The van der Waals surface area contributed by atoms with Crippen LogP contribution < -0.4 is 5.73 Å². The van der Waals surface area contributed by atoms with Gasteiger partial charge in [-0.25, -0.2) is 0 Å². The Balaban J connectivity index is 2.18. The number of rotatable bonds is 6. The fraction of sp³-hybridized carbons (Fsp3) is 0.733. The molecule has 0 spiro atoms. The normalized spacial score (nSPS) is 20.6. The summed E-state index contributed by atoms with van der Waals surface area (Å²) in [4.78, 5) is 2.35. The van der Waals surface area contributed by atoms with Crippen LogP contribution in [0.1, 0.15) is 50.8 Å². The van der Waals surface area contributed by atoms with E-state index in [4.69, 9.17) is 10.2 Å². The fourth-order valence-corrected chi connectivity index (χ4v) is 3.26. The van der Waals surface area contributed by atoms with E-state index in [9.17, 15) is 5.11 Å². The van der Waals surface area contributed by atoms with Gasteiger partial charge in [0.2, 0.25) is 0 Å². The van der Waals surface area contributed by atoms with E-state index in [-0.39, 0.29) is 18.7 Å². The molecule has 0 amide bonds. The average Bonchev–Trinajstić information content (AvgIpc) is 2.92. The van der Waals surface area contributed by atoms with E-state index in [0.717, 1.165) is 5.76 Å². The summed E-state index contributed by atoms with van der Waals surface area (Å²) >= 11 is 0. The first-order chi connectivity index (χ1) is 9.24. The monoisotopic (exact) mass is 266 g/mol. The lowest BCUT2D eigenvalue weighted by Gasteiger charge is -2.40. The fourth-order valence-electron chi connectivity index (χ4n) is 3.26. The molecule has 0 aliphatic heterocycles. The summed E-state index contributed by atoms with van der Waals surface area (Å²) in [6.07, 6.45) is 7.97. The molecular formula is C15H26N2O2. The van der Waals surface area contributed by atoms with Crippen LogP contribution in [0.5, 0.6) is 0 Å².